The summed E-state index contributed by atoms with van der Waals surface area (Å²) in [7, 11) is 0. The van der Waals surface area contributed by atoms with E-state index in [1.165, 1.54) is 44.6 Å². The predicted octanol–water partition coefficient (Wildman–Crippen LogP) is 7.48. The third kappa shape index (κ3) is 3.26. The van der Waals surface area contributed by atoms with E-state index in [1.54, 1.807) is 0 Å². The number of hydrogen-bond donors (Lipinski definition) is 0. The molecule has 0 saturated carbocycles. The summed E-state index contributed by atoms with van der Waals surface area (Å²) in [6.45, 7) is 15.4. The fourth-order valence-electron chi connectivity index (χ4n) is 5.88. The average Bonchev–Trinajstić information content (AvgIpc) is 3.50. The molecule has 0 N–H and O–H groups in total. The minimum Gasteiger partial charge on any atom is -0.248 e. The van der Waals surface area contributed by atoms with Gasteiger partial charge in [0.15, 0.2) is 0 Å². The largest absolute Gasteiger partial charge is 0.248 e. The number of hydrogen-bond acceptors (Lipinski definition) is 4. The lowest BCUT2D eigenvalue weighted by Gasteiger charge is -2.24. The molecule has 0 spiro atoms. The van der Waals surface area contributed by atoms with Crippen molar-refractivity contribution < 1.29 is 0 Å². The summed E-state index contributed by atoms with van der Waals surface area (Å²) >= 11 is 0. The molecule has 0 unspecified atom stereocenters. The van der Waals surface area contributed by atoms with E-state index in [2.05, 4.69) is 72.8 Å². The second-order valence-corrected chi connectivity index (χ2v) is 10.4. The quantitative estimate of drug-likeness (QED) is 0.389. The predicted molar refractivity (Wildman–Crippen MR) is 147 cm³/mol. The Morgan fingerprint density at radius 1 is 0.686 bits per heavy atom. The monoisotopic (exact) mass is 460 g/mol. The van der Waals surface area contributed by atoms with Crippen LogP contribution in [0.4, 0.5) is 0 Å². The summed E-state index contributed by atoms with van der Waals surface area (Å²) in [4.78, 5) is 20.5. The number of nitrogens with zero attached hydrogens (tertiary/aromatic N) is 4. The first-order valence-corrected chi connectivity index (χ1v) is 12.8. The zero-order chi connectivity index (χ0) is 24.6. The van der Waals surface area contributed by atoms with Gasteiger partial charge in [-0.15, -0.1) is 0 Å². The van der Waals surface area contributed by atoms with Crippen molar-refractivity contribution in [3.63, 3.8) is 0 Å². The maximum atomic E-state index is 5.21. The van der Waals surface area contributed by atoms with Gasteiger partial charge in [0.1, 0.15) is 0 Å². The first-order chi connectivity index (χ1) is 16.8. The molecule has 4 heteroatoms. The summed E-state index contributed by atoms with van der Waals surface area (Å²) in [5.41, 5.74) is 18.3. The van der Waals surface area contributed by atoms with Gasteiger partial charge in [0, 0.05) is 5.57 Å². The highest BCUT2D eigenvalue weighted by molar-refractivity contribution is 6.20. The molecule has 5 aliphatic heterocycles. The van der Waals surface area contributed by atoms with Gasteiger partial charge in [-0.05, 0) is 123 Å². The molecule has 0 amide bonds. The van der Waals surface area contributed by atoms with E-state index in [9.17, 15) is 0 Å². The summed E-state index contributed by atoms with van der Waals surface area (Å²) in [5.74, 6) is 0.421. The van der Waals surface area contributed by atoms with Crippen molar-refractivity contribution in [3.05, 3.63) is 91.7 Å². The summed E-state index contributed by atoms with van der Waals surface area (Å²) in [5, 5.41) is 0. The van der Waals surface area contributed by atoms with Crippen LogP contribution in [-0.4, -0.2) is 22.8 Å². The lowest BCUT2D eigenvalue weighted by Crippen LogP contribution is -2.16. The minimum absolute atomic E-state index is 0.421. The zero-order valence-electron chi connectivity index (χ0n) is 21.8. The third-order valence-corrected chi connectivity index (χ3v) is 8.34. The van der Waals surface area contributed by atoms with Crippen molar-refractivity contribution in [2.24, 2.45) is 25.9 Å². The fraction of sp³-hybridized carbons (Fsp3) is 0.355. The van der Waals surface area contributed by atoms with Gasteiger partial charge < -0.3 is 0 Å². The maximum absolute atomic E-state index is 5.21. The van der Waals surface area contributed by atoms with Crippen LogP contribution < -0.4 is 0 Å². The Kier molecular flexibility index (Phi) is 4.93. The third-order valence-electron chi connectivity index (χ3n) is 8.34. The van der Waals surface area contributed by atoms with E-state index < -0.39 is 0 Å². The van der Waals surface area contributed by atoms with Gasteiger partial charge in [-0.25, -0.2) is 20.0 Å². The first-order valence-electron chi connectivity index (χ1n) is 12.8. The second kappa shape index (κ2) is 7.81. The first kappa shape index (κ1) is 22.1. The maximum Gasteiger partial charge on any atom is 0.0728 e. The molecule has 6 rings (SSSR count). The van der Waals surface area contributed by atoms with Crippen LogP contribution in [0.3, 0.4) is 0 Å². The molecule has 1 atom stereocenters. The molecule has 6 aliphatic rings. The van der Waals surface area contributed by atoms with Crippen LogP contribution >= 0.6 is 0 Å². The lowest BCUT2D eigenvalue weighted by atomic mass is 9.81. The number of aliphatic imine (C=N–C) groups is 4. The Morgan fingerprint density at radius 2 is 1.31 bits per heavy atom. The van der Waals surface area contributed by atoms with Crippen LogP contribution in [0, 0.1) is 5.92 Å². The highest BCUT2D eigenvalue weighted by Gasteiger charge is 2.33. The Labute approximate surface area is 208 Å². The van der Waals surface area contributed by atoms with Crippen LogP contribution in [0.2, 0.25) is 0 Å². The average molecular weight is 461 g/mol. The molecule has 0 fully saturated rings. The molecule has 0 aromatic carbocycles. The van der Waals surface area contributed by atoms with E-state index in [-0.39, 0.29) is 0 Å². The topological polar surface area (TPSA) is 49.4 Å². The molecule has 0 aromatic rings. The van der Waals surface area contributed by atoms with Gasteiger partial charge in [-0.3, -0.25) is 0 Å². The molecule has 35 heavy (non-hydrogen) atoms. The number of rotatable bonds is 1. The van der Waals surface area contributed by atoms with Crippen molar-refractivity contribution in [3.8, 4) is 0 Å². The van der Waals surface area contributed by atoms with Gasteiger partial charge in [0.05, 0.1) is 45.6 Å². The van der Waals surface area contributed by atoms with Crippen LogP contribution in [-0.2, 0) is 0 Å². The van der Waals surface area contributed by atoms with Crippen molar-refractivity contribution in [2.45, 2.75) is 67.7 Å². The SMILES string of the molecule is CCC1=C(C)C2=CC3=NC(=CC4=NC5=C(C6=NC(=CC1=N2)C(C)=C6)[C@@H](C)CCC5=C4C)C(C)=C3C. The van der Waals surface area contributed by atoms with Gasteiger partial charge in [0.2, 0.25) is 0 Å². The summed E-state index contributed by atoms with van der Waals surface area (Å²) in [6, 6.07) is 0. The highest BCUT2D eigenvalue weighted by Crippen LogP contribution is 2.43. The number of fused-ring (bicyclic) bond motifs is 4. The molecule has 0 aromatic heterocycles. The molecule has 4 nitrogen and oxygen atoms in total. The van der Waals surface area contributed by atoms with Crippen LogP contribution in [0.25, 0.3) is 0 Å². The van der Waals surface area contributed by atoms with Gasteiger partial charge in [-0.2, -0.15) is 0 Å². The van der Waals surface area contributed by atoms with E-state index in [4.69, 9.17) is 20.0 Å². The molecule has 0 radical (unpaired) electrons. The molecule has 1 aliphatic carbocycles. The lowest BCUT2D eigenvalue weighted by molar-refractivity contribution is 0.602. The van der Waals surface area contributed by atoms with Crippen LogP contribution in [0.1, 0.15) is 67.7 Å². The van der Waals surface area contributed by atoms with Crippen molar-refractivity contribution in [1.29, 1.82) is 0 Å². The second-order valence-electron chi connectivity index (χ2n) is 10.4. The minimum atomic E-state index is 0.421. The summed E-state index contributed by atoms with van der Waals surface area (Å²) < 4.78 is 0. The fourth-order valence-corrected chi connectivity index (χ4v) is 5.88. The van der Waals surface area contributed by atoms with E-state index >= 15 is 0 Å². The Morgan fingerprint density at radius 3 is 2.06 bits per heavy atom. The van der Waals surface area contributed by atoms with Crippen molar-refractivity contribution in [1.82, 2.24) is 0 Å². The van der Waals surface area contributed by atoms with E-state index in [0.29, 0.717) is 5.92 Å². The van der Waals surface area contributed by atoms with Crippen LogP contribution in [0.5, 0.6) is 0 Å². The van der Waals surface area contributed by atoms with Crippen molar-refractivity contribution in [2.75, 3.05) is 0 Å². The Bertz CT molecular complexity index is 1500. The van der Waals surface area contributed by atoms with E-state index in [1.807, 2.05) is 0 Å². The summed E-state index contributed by atoms with van der Waals surface area (Å²) in [6.07, 6.45) is 11.9. The normalized spacial score (nSPS) is 25.5. The van der Waals surface area contributed by atoms with Crippen LogP contribution in [0.15, 0.2) is 112 Å². The van der Waals surface area contributed by atoms with E-state index in [0.717, 1.165) is 64.9 Å². The Balaban J connectivity index is 1.65. The standard InChI is InChI=1S/C31H32N4/c1-8-21-19(6)26-13-24-17(4)18(5)25(33-24)14-27-20(7)22-10-9-15(2)30(31(22)35-27)29-11-16(3)23(32-29)12-28(21)34-26/h11-15H,8-10H2,1-7H3/t15-/m0/s1. The molecule has 0 saturated heterocycles. The van der Waals surface area contributed by atoms with Gasteiger partial charge in [0.25, 0.3) is 0 Å². The van der Waals surface area contributed by atoms with Gasteiger partial charge >= 0.3 is 0 Å². The Hall–Kier alpha value is -3.40. The molecule has 5 heterocycles. The molecule has 176 valence electrons. The highest BCUT2D eigenvalue weighted by atomic mass is 14.9. The number of allylic oxidation sites excluding steroid dienone is 12. The van der Waals surface area contributed by atoms with Crippen molar-refractivity contribution >= 4 is 22.8 Å². The zero-order valence-corrected chi connectivity index (χ0v) is 21.8. The molecular formula is C31H32N4. The molecule has 8 bridgehead atoms. The smallest absolute Gasteiger partial charge is 0.0728 e. The molecular weight excluding hydrogens is 428 g/mol. The van der Waals surface area contributed by atoms with Gasteiger partial charge in [-0.1, -0.05) is 13.8 Å².